The van der Waals surface area contributed by atoms with E-state index in [1.54, 1.807) is 43.3 Å². The van der Waals surface area contributed by atoms with Crippen LogP contribution in [0.15, 0.2) is 77.7 Å². The van der Waals surface area contributed by atoms with Gasteiger partial charge in [0.1, 0.15) is 12.6 Å². The lowest BCUT2D eigenvalue weighted by molar-refractivity contribution is -0.140. The third-order valence-corrected chi connectivity index (χ3v) is 8.40. The Balaban J connectivity index is 2.08. The number of amides is 2. The molecule has 0 unspecified atom stereocenters. The standard InChI is InChI=1S/C32H41N3O4S/c1-8-27-14-9-10-15-29(27)35(40(38,39)28-18-16-23(2)17-19-28)22-30(36)34(21-26-13-11-12-24(3)20-26)25(4)31(37)33-32(5,6)7/h9-20,25H,8,21-22H2,1-7H3,(H,33,37)/t25-/m0/s1. The van der Waals surface area contributed by atoms with Crippen molar-refractivity contribution < 1.29 is 18.0 Å². The first kappa shape index (κ1) is 30.9. The zero-order valence-electron chi connectivity index (χ0n) is 24.6. The first-order chi connectivity index (χ1) is 18.7. The molecule has 8 heteroatoms. The molecule has 0 heterocycles. The molecule has 3 aromatic carbocycles. The summed E-state index contributed by atoms with van der Waals surface area (Å²) in [6, 6.07) is 20.7. The van der Waals surface area contributed by atoms with E-state index < -0.39 is 34.1 Å². The van der Waals surface area contributed by atoms with Crippen molar-refractivity contribution >= 4 is 27.5 Å². The maximum absolute atomic E-state index is 14.1. The number of rotatable bonds is 10. The Morgan fingerprint density at radius 1 is 0.900 bits per heavy atom. The van der Waals surface area contributed by atoms with Crippen LogP contribution in [0, 0.1) is 13.8 Å². The highest BCUT2D eigenvalue weighted by atomic mass is 32.2. The van der Waals surface area contributed by atoms with Crippen LogP contribution in [-0.4, -0.2) is 43.3 Å². The van der Waals surface area contributed by atoms with Crippen LogP contribution in [0.3, 0.4) is 0 Å². The second kappa shape index (κ2) is 12.7. The van der Waals surface area contributed by atoms with Crippen molar-refractivity contribution in [3.05, 3.63) is 95.1 Å². The Morgan fingerprint density at radius 2 is 1.55 bits per heavy atom. The number of nitrogens with zero attached hydrogens (tertiary/aromatic N) is 2. The van der Waals surface area contributed by atoms with Gasteiger partial charge < -0.3 is 10.2 Å². The van der Waals surface area contributed by atoms with Gasteiger partial charge >= 0.3 is 0 Å². The van der Waals surface area contributed by atoms with Gasteiger partial charge in [-0.25, -0.2) is 8.42 Å². The summed E-state index contributed by atoms with van der Waals surface area (Å²) in [4.78, 5) is 28.9. The molecule has 0 bridgehead atoms. The van der Waals surface area contributed by atoms with Crippen molar-refractivity contribution in [3.8, 4) is 0 Å². The lowest BCUT2D eigenvalue weighted by Gasteiger charge is -2.34. The minimum Gasteiger partial charge on any atom is -0.350 e. The number of carbonyl (C=O) groups excluding carboxylic acids is 2. The number of nitrogens with one attached hydrogen (secondary N) is 1. The van der Waals surface area contributed by atoms with Gasteiger partial charge in [-0.3, -0.25) is 13.9 Å². The first-order valence-electron chi connectivity index (χ1n) is 13.6. The summed E-state index contributed by atoms with van der Waals surface area (Å²) in [7, 11) is -4.10. The monoisotopic (exact) mass is 563 g/mol. The third-order valence-electron chi connectivity index (χ3n) is 6.63. The van der Waals surface area contributed by atoms with E-state index in [4.69, 9.17) is 0 Å². The molecule has 0 aliphatic rings. The predicted molar refractivity (Wildman–Crippen MR) is 161 cm³/mol. The van der Waals surface area contributed by atoms with Crippen molar-refractivity contribution in [2.24, 2.45) is 0 Å². The Hall–Kier alpha value is -3.65. The van der Waals surface area contributed by atoms with Gasteiger partial charge in [0.2, 0.25) is 11.8 Å². The largest absolute Gasteiger partial charge is 0.350 e. The van der Waals surface area contributed by atoms with E-state index >= 15 is 0 Å². The number of hydrogen-bond acceptors (Lipinski definition) is 4. The number of para-hydroxylation sites is 1. The summed E-state index contributed by atoms with van der Waals surface area (Å²) < 4.78 is 29.3. The molecule has 214 valence electrons. The van der Waals surface area contributed by atoms with Gasteiger partial charge in [0.25, 0.3) is 10.0 Å². The molecule has 40 heavy (non-hydrogen) atoms. The zero-order chi connectivity index (χ0) is 29.7. The van der Waals surface area contributed by atoms with E-state index in [9.17, 15) is 18.0 Å². The molecule has 1 N–H and O–H groups in total. The van der Waals surface area contributed by atoms with E-state index in [-0.39, 0.29) is 17.3 Å². The molecule has 0 fully saturated rings. The molecule has 0 spiro atoms. The molecule has 7 nitrogen and oxygen atoms in total. The fraction of sp³-hybridized carbons (Fsp3) is 0.375. The summed E-state index contributed by atoms with van der Waals surface area (Å²) >= 11 is 0. The maximum Gasteiger partial charge on any atom is 0.264 e. The van der Waals surface area contributed by atoms with Crippen LogP contribution in [0.4, 0.5) is 5.69 Å². The second-order valence-corrected chi connectivity index (χ2v) is 13.1. The second-order valence-electron chi connectivity index (χ2n) is 11.2. The molecule has 0 aliphatic heterocycles. The van der Waals surface area contributed by atoms with E-state index in [0.717, 1.165) is 22.3 Å². The Bertz CT molecular complexity index is 1440. The molecule has 0 aromatic heterocycles. The van der Waals surface area contributed by atoms with Crippen LogP contribution in [0.2, 0.25) is 0 Å². The number of hydrogen-bond donors (Lipinski definition) is 1. The van der Waals surface area contributed by atoms with Gasteiger partial charge in [0.05, 0.1) is 10.6 Å². The van der Waals surface area contributed by atoms with Crippen LogP contribution < -0.4 is 9.62 Å². The fourth-order valence-corrected chi connectivity index (χ4v) is 5.92. The Labute approximate surface area is 239 Å². The van der Waals surface area contributed by atoms with Crippen LogP contribution >= 0.6 is 0 Å². The van der Waals surface area contributed by atoms with Gasteiger partial charge in [0, 0.05) is 12.1 Å². The van der Waals surface area contributed by atoms with E-state index in [1.165, 1.54) is 9.21 Å². The van der Waals surface area contributed by atoms with Crippen LogP contribution in [0.25, 0.3) is 0 Å². The number of benzene rings is 3. The van der Waals surface area contributed by atoms with E-state index in [1.807, 2.05) is 77.9 Å². The molecule has 0 saturated carbocycles. The van der Waals surface area contributed by atoms with Gasteiger partial charge in [-0.05, 0) is 77.3 Å². The highest BCUT2D eigenvalue weighted by Crippen LogP contribution is 2.28. The SMILES string of the molecule is CCc1ccccc1N(CC(=O)N(Cc1cccc(C)c1)[C@@H](C)C(=O)NC(C)(C)C)S(=O)(=O)c1ccc(C)cc1. The lowest BCUT2D eigenvalue weighted by Crippen LogP contribution is -2.54. The van der Waals surface area contributed by atoms with Crippen molar-refractivity contribution in [1.82, 2.24) is 10.2 Å². The topological polar surface area (TPSA) is 86.8 Å². The average Bonchev–Trinajstić information content (AvgIpc) is 2.89. The molecule has 3 rings (SSSR count). The van der Waals surface area contributed by atoms with Crippen molar-refractivity contribution in [2.75, 3.05) is 10.8 Å². The summed E-state index contributed by atoms with van der Waals surface area (Å²) in [5.41, 5.74) is 3.56. The quantitative estimate of drug-likeness (QED) is 0.358. The summed E-state index contributed by atoms with van der Waals surface area (Å²) in [5, 5.41) is 2.95. The average molecular weight is 564 g/mol. The Kier molecular flexibility index (Phi) is 9.79. The van der Waals surface area contributed by atoms with Crippen molar-refractivity contribution in [1.29, 1.82) is 0 Å². The lowest BCUT2D eigenvalue weighted by atomic mass is 10.1. The number of aryl methyl sites for hydroxylation is 3. The molecule has 2 amide bonds. The predicted octanol–water partition coefficient (Wildman–Crippen LogP) is 5.39. The van der Waals surface area contributed by atoms with E-state index in [0.29, 0.717) is 12.1 Å². The molecule has 3 aromatic rings. The minimum absolute atomic E-state index is 0.0977. The number of carbonyl (C=O) groups is 2. The smallest absolute Gasteiger partial charge is 0.264 e. The fourth-order valence-electron chi connectivity index (χ4n) is 4.47. The first-order valence-corrected chi connectivity index (χ1v) is 15.0. The summed E-state index contributed by atoms with van der Waals surface area (Å²) in [5.74, 6) is -0.782. The molecular weight excluding hydrogens is 522 g/mol. The van der Waals surface area contributed by atoms with Crippen molar-refractivity contribution in [2.45, 2.75) is 77.9 Å². The number of anilines is 1. The molecule has 0 radical (unpaired) electrons. The van der Waals surface area contributed by atoms with Crippen LogP contribution in [0.5, 0.6) is 0 Å². The molecule has 0 aliphatic carbocycles. The summed E-state index contributed by atoms with van der Waals surface area (Å²) in [6.45, 7) is 12.8. The normalized spacial score (nSPS) is 12.5. The highest BCUT2D eigenvalue weighted by Gasteiger charge is 2.34. The zero-order valence-corrected chi connectivity index (χ0v) is 25.4. The van der Waals surface area contributed by atoms with E-state index in [2.05, 4.69) is 5.32 Å². The molecule has 1 atom stereocenters. The maximum atomic E-state index is 14.1. The minimum atomic E-state index is -4.10. The van der Waals surface area contributed by atoms with Gasteiger partial charge in [-0.15, -0.1) is 0 Å². The van der Waals surface area contributed by atoms with Crippen LogP contribution in [0.1, 0.15) is 56.9 Å². The summed E-state index contributed by atoms with van der Waals surface area (Å²) in [6.07, 6.45) is 0.585. The highest BCUT2D eigenvalue weighted by molar-refractivity contribution is 7.92. The van der Waals surface area contributed by atoms with Crippen molar-refractivity contribution in [3.63, 3.8) is 0 Å². The number of sulfonamides is 1. The van der Waals surface area contributed by atoms with Gasteiger partial charge in [-0.1, -0.05) is 72.6 Å². The molecular formula is C32H41N3O4S. The Morgan fingerprint density at radius 3 is 2.15 bits per heavy atom. The molecule has 0 saturated heterocycles. The van der Waals surface area contributed by atoms with Gasteiger partial charge in [0.15, 0.2) is 0 Å². The van der Waals surface area contributed by atoms with Gasteiger partial charge in [-0.2, -0.15) is 0 Å². The van der Waals surface area contributed by atoms with Crippen LogP contribution in [-0.2, 0) is 32.6 Å². The third kappa shape index (κ3) is 7.72.